The molecule has 0 aromatic heterocycles. The number of nitrogens with zero attached hydrogens (tertiary/aromatic N) is 2. The second kappa shape index (κ2) is 5.37. The highest BCUT2D eigenvalue weighted by atomic mass is 16.6. The standard InChI is InChI=1S/C15H25N3O4/c1-6-15(12(19)20)16-10-8-17(9-11(10)18(15)7-2)13(21)22-14(3,4)5/h16H,6-9H2,1-5H3,(H,19,20). The molecule has 0 spiro atoms. The van der Waals surface area contributed by atoms with Crippen molar-refractivity contribution in [3.05, 3.63) is 11.4 Å². The monoisotopic (exact) mass is 311 g/mol. The summed E-state index contributed by atoms with van der Waals surface area (Å²) in [6.45, 7) is 10.5. The van der Waals surface area contributed by atoms with Gasteiger partial charge >= 0.3 is 12.1 Å². The van der Waals surface area contributed by atoms with Crippen molar-refractivity contribution >= 4 is 12.1 Å². The van der Waals surface area contributed by atoms with Crippen molar-refractivity contribution in [2.75, 3.05) is 19.6 Å². The van der Waals surface area contributed by atoms with Gasteiger partial charge in [0.15, 0.2) is 0 Å². The fourth-order valence-electron chi connectivity index (χ4n) is 3.04. The number of carboxylic acid groups (broad SMARTS) is 1. The summed E-state index contributed by atoms with van der Waals surface area (Å²) in [6.07, 6.45) is 0.0625. The molecule has 0 bridgehead atoms. The van der Waals surface area contributed by atoms with E-state index in [0.717, 1.165) is 11.4 Å². The Morgan fingerprint density at radius 1 is 1.32 bits per heavy atom. The van der Waals surface area contributed by atoms with Crippen molar-refractivity contribution in [1.82, 2.24) is 15.1 Å². The molecule has 7 heteroatoms. The summed E-state index contributed by atoms with van der Waals surface area (Å²) < 4.78 is 5.38. The molecular weight excluding hydrogens is 286 g/mol. The van der Waals surface area contributed by atoms with Gasteiger partial charge in [-0.2, -0.15) is 0 Å². The Labute approximate surface area is 130 Å². The third kappa shape index (κ3) is 2.60. The van der Waals surface area contributed by atoms with Gasteiger partial charge < -0.3 is 20.1 Å². The van der Waals surface area contributed by atoms with Gasteiger partial charge in [0.1, 0.15) is 5.60 Å². The van der Waals surface area contributed by atoms with Crippen LogP contribution in [0.4, 0.5) is 4.79 Å². The number of hydrogen-bond donors (Lipinski definition) is 2. The van der Waals surface area contributed by atoms with E-state index in [1.165, 1.54) is 0 Å². The number of carboxylic acids is 1. The molecule has 0 fully saturated rings. The number of ether oxygens (including phenoxy) is 1. The van der Waals surface area contributed by atoms with E-state index in [4.69, 9.17) is 4.74 Å². The Kier molecular flexibility index (Phi) is 4.02. The molecule has 0 aromatic carbocycles. The Morgan fingerprint density at radius 2 is 1.95 bits per heavy atom. The first-order valence-electron chi connectivity index (χ1n) is 7.63. The predicted molar refractivity (Wildman–Crippen MR) is 81.0 cm³/mol. The maximum Gasteiger partial charge on any atom is 0.410 e. The molecular formula is C15H25N3O4. The van der Waals surface area contributed by atoms with E-state index in [1.807, 2.05) is 39.5 Å². The Balaban J connectivity index is 2.14. The molecule has 0 saturated heterocycles. The SMILES string of the molecule is CCN1C2=C(CN(C(=O)OC(C)(C)C)C2)NC1(CC)C(=O)O. The topological polar surface area (TPSA) is 82.1 Å². The molecule has 0 aliphatic carbocycles. The number of carbonyl (C=O) groups is 2. The lowest BCUT2D eigenvalue weighted by molar-refractivity contribution is -0.151. The van der Waals surface area contributed by atoms with E-state index >= 15 is 0 Å². The fourth-order valence-corrected chi connectivity index (χ4v) is 3.04. The Bertz CT molecular complexity index is 523. The smallest absolute Gasteiger partial charge is 0.410 e. The Morgan fingerprint density at radius 3 is 2.41 bits per heavy atom. The second-order valence-corrected chi connectivity index (χ2v) is 6.65. The van der Waals surface area contributed by atoms with Crippen molar-refractivity contribution in [2.45, 2.75) is 52.3 Å². The molecule has 2 heterocycles. The van der Waals surface area contributed by atoms with E-state index in [0.29, 0.717) is 26.1 Å². The quantitative estimate of drug-likeness (QED) is 0.823. The molecule has 0 radical (unpaired) electrons. The summed E-state index contributed by atoms with van der Waals surface area (Å²) in [5.74, 6) is -0.893. The minimum atomic E-state index is -1.10. The average molecular weight is 311 g/mol. The number of aliphatic carboxylic acids is 1. The molecule has 124 valence electrons. The minimum Gasteiger partial charge on any atom is -0.478 e. The molecule has 2 N–H and O–H groups in total. The summed E-state index contributed by atoms with van der Waals surface area (Å²) in [4.78, 5) is 27.3. The van der Waals surface area contributed by atoms with E-state index in [-0.39, 0.29) is 6.09 Å². The number of likely N-dealkylation sites (N-methyl/N-ethyl adjacent to an activating group) is 1. The zero-order valence-corrected chi connectivity index (χ0v) is 13.9. The maximum absolute atomic E-state index is 12.2. The molecule has 1 amide bonds. The maximum atomic E-state index is 12.2. The number of hydrogen-bond acceptors (Lipinski definition) is 5. The van der Waals surface area contributed by atoms with Crippen LogP contribution in [-0.4, -0.2) is 57.9 Å². The highest BCUT2D eigenvalue weighted by molar-refractivity contribution is 5.80. The first-order chi connectivity index (χ1) is 10.1. The summed E-state index contributed by atoms with van der Waals surface area (Å²) in [5.41, 5.74) is 0.0323. The van der Waals surface area contributed by atoms with Crippen molar-refractivity contribution < 1.29 is 19.4 Å². The van der Waals surface area contributed by atoms with Crippen LogP contribution < -0.4 is 5.32 Å². The lowest BCUT2D eigenvalue weighted by Crippen LogP contribution is -2.60. The molecule has 1 unspecified atom stereocenters. The van der Waals surface area contributed by atoms with Gasteiger partial charge in [0.25, 0.3) is 0 Å². The lowest BCUT2D eigenvalue weighted by atomic mass is 10.1. The van der Waals surface area contributed by atoms with E-state index in [1.54, 1.807) is 4.90 Å². The van der Waals surface area contributed by atoms with Gasteiger partial charge in [-0.3, -0.25) is 4.90 Å². The zero-order valence-electron chi connectivity index (χ0n) is 13.9. The van der Waals surface area contributed by atoms with Gasteiger partial charge in [0.05, 0.1) is 24.5 Å². The number of amides is 1. The zero-order chi connectivity index (χ0) is 16.7. The third-order valence-corrected chi connectivity index (χ3v) is 4.02. The fraction of sp³-hybridized carbons (Fsp3) is 0.733. The van der Waals surface area contributed by atoms with Gasteiger partial charge in [-0.25, -0.2) is 9.59 Å². The molecule has 0 saturated carbocycles. The third-order valence-electron chi connectivity index (χ3n) is 4.02. The van der Waals surface area contributed by atoms with Crippen LogP contribution in [0.15, 0.2) is 11.4 Å². The second-order valence-electron chi connectivity index (χ2n) is 6.65. The van der Waals surface area contributed by atoms with Crippen LogP contribution in [-0.2, 0) is 9.53 Å². The van der Waals surface area contributed by atoms with Gasteiger partial charge in [0, 0.05) is 6.54 Å². The normalized spacial score (nSPS) is 24.4. The van der Waals surface area contributed by atoms with Crippen LogP contribution in [0.25, 0.3) is 0 Å². The van der Waals surface area contributed by atoms with Crippen molar-refractivity contribution in [3.63, 3.8) is 0 Å². The number of rotatable bonds is 3. The highest BCUT2D eigenvalue weighted by Crippen LogP contribution is 2.35. The molecule has 2 aliphatic rings. The summed E-state index contributed by atoms with van der Waals surface area (Å²) in [5, 5.41) is 12.7. The summed E-state index contributed by atoms with van der Waals surface area (Å²) in [6, 6.07) is 0. The first-order valence-corrected chi connectivity index (χ1v) is 7.63. The van der Waals surface area contributed by atoms with Crippen molar-refractivity contribution in [3.8, 4) is 0 Å². The van der Waals surface area contributed by atoms with Gasteiger partial charge in [0.2, 0.25) is 5.66 Å². The van der Waals surface area contributed by atoms with Crippen LogP contribution in [0.3, 0.4) is 0 Å². The number of nitrogens with one attached hydrogen (secondary N) is 1. The van der Waals surface area contributed by atoms with Crippen LogP contribution in [0.2, 0.25) is 0 Å². The number of carbonyl (C=O) groups excluding carboxylic acids is 1. The summed E-state index contributed by atoms with van der Waals surface area (Å²) >= 11 is 0. The molecule has 1 atom stereocenters. The first kappa shape index (κ1) is 16.5. The van der Waals surface area contributed by atoms with Crippen LogP contribution in [0.5, 0.6) is 0 Å². The Hall–Kier alpha value is -1.92. The van der Waals surface area contributed by atoms with Crippen LogP contribution >= 0.6 is 0 Å². The molecule has 0 aromatic rings. The van der Waals surface area contributed by atoms with Crippen molar-refractivity contribution in [2.24, 2.45) is 0 Å². The van der Waals surface area contributed by atoms with E-state index < -0.39 is 17.2 Å². The molecule has 7 nitrogen and oxygen atoms in total. The van der Waals surface area contributed by atoms with E-state index in [2.05, 4.69) is 5.32 Å². The van der Waals surface area contributed by atoms with Gasteiger partial charge in [-0.05, 0) is 34.1 Å². The van der Waals surface area contributed by atoms with E-state index in [9.17, 15) is 14.7 Å². The lowest BCUT2D eigenvalue weighted by Gasteiger charge is -2.38. The summed E-state index contributed by atoms with van der Waals surface area (Å²) in [7, 11) is 0. The molecule has 2 rings (SSSR count). The average Bonchev–Trinajstić information content (AvgIpc) is 2.90. The van der Waals surface area contributed by atoms with Crippen LogP contribution in [0.1, 0.15) is 41.0 Å². The molecule has 2 aliphatic heterocycles. The van der Waals surface area contributed by atoms with Gasteiger partial charge in [-0.1, -0.05) is 6.92 Å². The largest absolute Gasteiger partial charge is 0.478 e. The van der Waals surface area contributed by atoms with Gasteiger partial charge in [-0.15, -0.1) is 0 Å². The highest BCUT2D eigenvalue weighted by Gasteiger charge is 2.51. The molecule has 22 heavy (non-hydrogen) atoms. The predicted octanol–water partition coefficient (Wildman–Crippen LogP) is 1.56. The van der Waals surface area contributed by atoms with Crippen molar-refractivity contribution in [1.29, 1.82) is 0 Å². The minimum absolute atomic E-state index is 0.357. The van der Waals surface area contributed by atoms with Crippen LogP contribution in [0, 0.1) is 0 Å².